The van der Waals surface area contributed by atoms with E-state index in [0.717, 1.165) is 16.7 Å². The number of rotatable bonds is 4. The van der Waals surface area contributed by atoms with Gasteiger partial charge in [0.2, 0.25) is 0 Å². The molecule has 6 heteroatoms. The summed E-state index contributed by atoms with van der Waals surface area (Å²) in [5.74, 6) is -1.63. The van der Waals surface area contributed by atoms with Gasteiger partial charge in [0.15, 0.2) is 5.75 Å². The smallest absolute Gasteiger partial charge is 0.340 e. The highest BCUT2D eigenvalue weighted by molar-refractivity contribution is 6.30. The highest BCUT2D eigenvalue weighted by Gasteiger charge is 2.22. The number of fused-ring (bicyclic) bond motifs is 1. The van der Waals surface area contributed by atoms with Gasteiger partial charge in [0.1, 0.15) is 11.3 Å². The van der Waals surface area contributed by atoms with Crippen LogP contribution in [0.3, 0.4) is 0 Å². The molecule has 0 radical (unpaired) electrons. The van der Waals surface area contributed by atoms with E-state index in [2.05, 4.69) is 4.98 Å². The van der Waals surface area contributed by atoms with Gasteiger partial charge < -0.3 is 15.3 Å². The standard InChI is InChI=1S/C23H16ClNO4/c24-16-10-8-15(9-11-16)20-22(27)19(23(28)29)18-3-1-2-17(21(18)25-20)14-6-4-13(12-26)5-7-14/h1-11,26-27H,12H2,(H,28,29). The van der Waals surface area contributed by atoms with E-state index < -0.39 is 5.97 Å². The number of carbonyl (C=O) groups is 1. The number of aliphatic hydroxyl groups is 1. The number of nitrogens with zero attached hydrogens (tertiary/aromatic N) is 1. The third-order valence-electron chi connectivity index (χ3n) is 4.77. The van der Waals surface area contributed by atoms with Crippen LogP contribution in [0.4, 0.5) is 0 Å². The van der Waals surface area contributed by atoms with Crippen molar-refractivity contribution in [1.29, 1.82) is 0 Å². The lowest BCUT2D eigenvalue weighted by Crippen LogP contribution is -2.02. The van der Waals surface area contributed by atoms with Gasteiger partial charge in [0.25, 0.3) is 0 Å². The maximum Gasteiger partial charge on any atom is 0.340 e. The Kier molecular flexibility index (Phi) is 4.92. The largest absolute Gasteiger partial charge is 0.505 e. The van der Waals surface area contributed by atoms with Gasteiger partial charge >= 0.3 is 5.97 Å². The fourth-order valence-corrected chi connectivity index (χ4v) is 3.45. The molecule has 4 aromatic rings. The van der Waals surface area contributed by atoms with Crippen LogP contribution in [0.1, 0.15) is 15.9 Å². The Morgan fingerprint density at radius 3 is 2.21 bits per heavy atom. The van der Waals surface area contributed by atoms with Crippen molar-refractivity contribution in [3.63, 3.8) is 0 Å². The van der Waals surface area contributed by atoms with Crippen molar-refractivity contribution in [3.05, 3.63) is 82.9 Å². The SMILES string of the molecule is O=C(O)c1c(O)c(-c2ccc(Cl)cc2)nc2c(-c3ccc(CO)cc3)cccc12. The first kappa shape index (κ1) is 18.9. The predicted octanol–water partition coefficient (Wildman–Crippen LogP) is 5.12. The average Bonchev–Trinajstić information content (AvgIpc) is 2.73. The average molecular weight is 406 g/mol. The Bertz CT molecular complexity index is 1220. The van der Waals surface area contributed by atoms with E-state index >= 15 is 0 Å². The number of pyridine rings is 1. The number of aromatic hydroxyl groups is 1. The zero-order chi connectivity index (χ0) is 20.5. The molecule has 0 bridgehead atoms. The highest BCUT2D eigenvalue weighted by Crippen LogP contribution is 2.39. The molecule has 0 amide bonds. The Morgan fingerprint density at radius 1 is 0.931 bits per heavy atom. The first-order valence-electron chi connectivity index (χ1n) is 8.84. The number of carboxylic acids is 1. The highest BCUT2D eigenvalue weighted by atomic mass is 35.5. The van der Waals surface area contributed by atoms with Crippen molar-refractivity contribution in [1.82, 2.24) is 4.98 Å². The fraction of sp³-hybridized carbons (Fsp3) is 0.0435. The summed E-state index contributed by atoms with van der Waals surface area (Å²) in [5, 5.41) is 30.6. The lowest BCUT2D eigenvalue weighted by molar-refractivity contribution is 0.0696. The Labute approximate surface area is 171 Å². The van der Waals surface area contributed by atoms with E-state index in [1.165, 1.54) is 0 Å². The molecule has 5 nitrogen and oxygen atoms in total. The van der Waals surface area contributed by atoms with Gasteiger partial charge in [-0.15, -0.1) is 0 Å². The number of hydrogen-bond donors (Lipinski definition) is 3. The number of aliphatic hydroxyl groups excluding tert-OH is 1. The molecule has 4 rings (SSSR count). The lowest BCUT2D eigenvalue weighted by atomic mass is 9.96. The van der Waals surface area contributed by atoms with Gasteiger partial charge in [-0.25, -0.2) is 9.78 Å². The van der Waals surface area contributed by atoms with Crippen LogP contribution >= 0.6 is 11.6 Å². The molecule has 0 atom stereocenters. The first-order valence-corrected chi connectivity index (χ1v) is 9.22. The van der Waals surface area contributed by atoms with Crippen molar-refractivity contribution in [2.75, 3.05) is 0 Å². The van der Waals surface area contributed by atoms with Crippen LogP contribution in [0.25, 0.3) is 33.3 Å². The molecule has 29 heavy (non-hydrogen) atoms. The van der Waals surface area contributed by atoms with E-state index in [-0.39, 0.29) is 23.6 Å². The molecular formula is C23H16ClNO4. The lowest BCUT2D eigenvalue weighted by Gasteiger charge is -2.14. The molecule has 1 aromatic heterocycles. The molecule has 0 aliphatic rings. The van der Waals surface area contributed by atoms with Crippen molar-refractivity contribution in [3.8, 4) is 28.1 Å². The van der Waals surface area contributed by atoms with Crippen LogP contribution in [0.2, 0.25) is 5.02 Å². The molecule has 3 aromatic carbocycles. The molecule has 0 saturated carbocycles. The molecule has 1 heterocycles. The van der Waals surface area contributed by atoms with Crippen molar-refractivity contribution in [2.45, 2.75) is 6.61 Å². The molecule has 0 aliphatic heterocycles. The van der Waals surface area contributed by atoms with Crippen LogP contribution in [0.5, 0.6) is 5.75 Å². The van der Waals surface area contributed by atoms with Gasteiger partial charge in [-0.2, -0.15) is 0 Å². The van der Waals surface area contributed by atoms with Gasteiger partial charge in [-0.3, -0.25) is 0 Å². The fourth-order valence-electron chi connectivity index (χ4n) is 3.32. The summed E-state index contributed by atoms with van der Waals surface area (Å²) >= 11 is 5.95. The quantitative estimate of drug-likeness (QED) is 0.438. The van der Waals surface area contributed by atoms with Crippen LogP contribution < -0.4 is 0 Å². The molecule has 0 saturated heterocycles. The van der Waals surface area contributed by atoms with E-state index in [9.17, 15) is 20.1 Å². The summed E-state index contributed by atoms with van der Waals surface area (Å²) in [6.45, 7) is -0.0637. The minimum atomic E-state index is -1.24. The Balaban J connectivity index is 2.04. The number of aromatic nitrogens is 1. The first-order chi connectivity index (χ1) is 14.0. The number of halogens is 1. The topological polar surface area (TPSA) is 90.7 Å². The second-order valence-corrected chi connectivity index (χ2v) is 6.99. The van der Waals surface area contributed by atoms with Gasteiger partial charge in [-0.05, 0) is 23.3 Å². The van der Waals surface area contributed by atoms with E-state index in [1.54, 1.807) is 48.5 Å². The second-order valence-electron chi connectivity index (χ2n) is 6.55. The summed E-state index contributed by atoms with van der Waals surface area (Å²) in [6.07, 6.45) is 0. The second kappa shape index (κ2) is 7.54. The minimum absolute atomic E-state index is 0.0637. The summed E-state index contributed by atoms with van der Waals surface area (Å²) < 4.78 is 0. The normalized spacial score (nSPS) is 11.0. The van der Waals surface area contributed by atoms with Gasteiger partial charge in [0, 0.05) is 21.5 Å². The summed E-state index contributed by atoms with van der Waals surface area (Å²) in [6, 6.07) is 19.2. The van der Waals surface area contributed by atoms with Crippen molar-refractivity contribution >= 4 is 28.5 Å². The van der Waals surface area contributed by atoms with E-state index in [1.807, 2.05) is 18.2 Å². The number of carboxylic acid groups (broad SMARTS) is 1. The Morgan fingerprint density at radius 2 is 1.59 bits per heavy atom. The monoisotopic (exact) mass is 405 g/mol. The third kappa shape index (κ3) is 3.42. The van der Waals surface area contributed by atoms with Crippen molar-refractivity contribution in [2.24, 2.45) is 0 Å². The van der Waals surface area contributed by atoms with Gasteiger partial charge in [-0.1, -0.05) is 66.2 Å². The summed E-state index contributed by atoms with van der Waals surface area (Å²) in [5.41, 5.74) is 3.31. The molecule has 0 spiro atoms. The summed E-state index contributed by atoms with van der Waals surface area (Å²) in [7, 11) is 0. The molecule has 144 valence electrons. The maximum absolute atomic E-state index is 12.0. The van der Waals surface area contributed by atoms with E-state index in [4.69, 9.17) is 11.6 Å². The van der Waals surface area contributed by atoms with Crippen LogP contribution in [-0.4, -0.2) is 26.3 Å². The molecule has 0 fully saturated rings. The van der Waals surface area contributed by atoms with E-state index in [0.29, 0.717) is 21.5 Å². The predicted molar refractivity (Wildman–Crippen MR) is 112 cm³/mol. The molecule has 0 aliphatic carbocycles. The summed E-state index contributed by atoms with van der Waals surface area (Å²) in [4.78, 5) is 16.6. The van der Waals surface area contributed by atoms with Crippen molar-refractivity contribution < 1.29 is 20.1 Å². The zero-order valence-electron chi connectivity index (χ0n) is 15.1. The molecular weight excluding hydrogens is 390 g/mol. The van der Waals surface area contributed by atoms with Gasteiger partial charge in [0.05, 0.1) is 12.1 Å². The Hall–Kier alpha value is -3.41. The number of hydrogen-bond acceptors (Lipinski definition) is 4. The molecule has 0 unspecified atom stereocenters. The number of benzene rings is 3. The number of aromatic carboxylic acids is 1. The third-order valence-corrected chi connectivity index (χ3v) is 5.02. The van der Waals surface area contributed by atoms with Crippen LogP contribution in [-0.2, 0) is 6.61 Å². The minimum Gasteiger partial charge on any atom is -0.505 e. The van der Waals surface area contributed by atoms with Crippen LogP contribution in [0.15, 0.2) is 66.7 Å². The molecule has 3 N–H and O–H groups in total. The number of para-hydroxylation sites is 1. The maximum atomic E-state index is 12.0. The van der Waals surface area contributed by atoms with Crippen LogP contribution in [0, 0.1) is 0 Å². The zero-order valence-corrected chi connectivity index (χ0v) is 15.9.